The average molecular weight is 264 g/mol. The van der Waals surface area contributed by atoms with Crippen molar-refractivity contribution in [2.24, 2.45) is 11.3 Å². The Hall–Kier alpha value is -1.06. The van der Waals surface area contributed by atoms with Crippen molar-refractivity contribution in [3.63, 3.8) is 0 Å². The molecule has 2 rings (SSSR count). The summed E-state index contributed by atoms with van der Waals surface area (Å²) in [5, 5.41) is 10.4. The summed E-state index contributed by atoms with van der Waals surface area (Å²) in [4.78, 5) is 0. The summed E-state index contributed by atoms with van der Waals surface area (Å²) in [6, 6.07) is 1.83. The van der Waals surface area contributed by atoms with Crippen molar-refractivity contribution in [1.29, 1.82) is 0 Å². The fourth-order valence-corrected chi connectivity index (χ4v) is 3.07. The molecule has 0 amide bonds. The minimum atomic E-state index is -0.471. The third-order valence-corrected chi connectivity index (χ3v) is 4.28. The highest BCUT2D eigenvalue weighted by atomic mass is 16.5. The van der Waals surface area contributed by atoms with Crippen LogP contribution < -0.4 is 0 Å². The smallest absolute Gasteiger partial charge is 0.0960 e. The van der Waals surface area contributed by atoms with E-state index in [1.54, 1.807) is 19.6 Å². The lowest BCUT2D eigenvalue weighted by molar-refractivity contribution is 0.0899. The molecule has 0 aromatic carbocycles. The number of ether oxygens (including phenoxy) is 1. The topological polar surface area (TPSA) is 42.6 Å². The molecule has 1 aromatic heterocycles. The molecular weight excluding hydrogens is 240 g/mol. The van der Waals surface area contributed by atoms with Gasteiger partial charge in [0.15, 0.2) is 0 Å². The van der Waals surface area contributed by atoms with Crippen molar-refractivity contribution in [3.05, 3.63) is 35.8 Å². The normalized spacial score (nSPS) is 24.0. The first-order valence-electron chi connectivity index (χ1n) is 6.92. The molecule has 0 saturated carbocycles. The number of furan rings is 1. The SMILES string of the molecule is COCC1=CCCC(C)(C)[C@@H]1CC(O)c1ccoc1. The predicted octanol–water partition coefficient (Wildman–Crippen LogP) is 3.71. The summed E-state index contributed by atoms with van der Waals surface area (Å²) < 4.78 is 10.4. The molecule has 3 heteroatoms. The molecule has 0 bridgehead atoms. The zero-order chi connectivity index (χ0) is 13.9. The van der Waals surface area contributed by atoms with Gasteiger partial charge >= 0.3 is 0 Å². The van der Waals surface area contributed by atoms with Gasteiger partial charge in [-0.2, -0.15) is 0 Å². The van der Waals surface area contributed by atoms with Crippen LogP contribution in [-0.2, 0) is 4.74 Å². The molecule has 0 radical (unpaired) electrons. The molecule has 0 saturated heterocycles. The second-order valence-electron chi connectivity index (χ2n) is 6.10. The van der Waals surface area contributed by atoms with E-state index in [0.717, 1.165) is 24.8 Å². The van der Waals surface area contributed by atoms with Gasteiger partial charge in [-0.25, -0.2) is 0 Å². The number of rotatable bonds is 5. The fourth-order valence-electron chi connectivity index (χ4n) is 3.07. The van der Waals surface area contributed by atoms with Crippen molar-refractivity contribution in [2.75, 3.05) is 13.7 Å². The molecule has 19 heavy (non-hydrogen) atoms. The summed E-state index contributed by atoms with van der Waals surface area (Å²) in [5.74, 6) is 0.353. The van der Waals surface area contributed by atoms with Crippen molar-refractivity contribution in [1.82, 2.24) is 0 Å². The summed E-state index contributed by atoms with van der Waals surface area (Å²) in [6.45, 7) is 5.22. The lowest BCUT2D eigenvalue weighted by Crippen LogP contribution is -2.31. The van der Waals surface area contributed by atoms with E-state index < -0.39 is 6.10 Å². The second kappa shape index (κ2) is 5.93. The molecule has 0 fully saturated rings. The highest BCUT2D eigenvalue weighted by Crippen LogP contribution is 2.45. The number of hydrogen-bond acceptors (Lipinski definition) is 3. The highest BCUT2D eigenvalue weighted by Gasteiger charge is 2.35. The Morgan fingerprint density at radius 2 is 2.32 bits per heavy atom. The van der Waals surface area contributed by atoms with Crippen LogP contribution >= 0.6 is 0 Å². The second-order valence-corrected chi connectivity index (χ2v) is 6.10. The van der Waals surface area contributed by atoms with Crippen LogP contribution in [-0.4, -0.2) is 18.8 Å². The van der Waals surface area contributed by atoms with Gasteiger partial charge < -0.3 is 14.3 Å². The first kappa shape index (κ1) is 14.4. The summed E-state index contributed by atoms with van der Waals surface area (Å²) >= 11 is 0. The standard InChI is InChI=1S/C16H24O3/c1-16(2)7-4-5-12(10-18-3)14(16)9-15(17)13-6-8-19-11-13/h5-6,8,11,14-15,17H,4,7,9-10H2,1-3H3/t14-,15?/m1/s1. The maximum atomic E-state index is 10.4. The zero-order valence-electron chi connectivity index (χ0n) is 12.1. The van der Waals surface area contributed by atoms with Gasteiger partial charge in [0.05, 0.1) is 25.2 Å². The molecule has 1 unspecified atom stereocenters. The van der Waals surface area contributed by atoms with Gasteiger partial charge in [0.2, 0.25) is 0 Å². The number of methoxy groups -OCH3 is 1. The van der Waals surface area contributed by atoms with E-state index in [1.807, 2.05) is 6.07 Å². The van der Waals surface area contributed by atoms with E-state index in [0.29, 0.717) is 12.5 Å². The quantitative estimate of drug-likeness (QED) is 0.824. The summed E-state index contributed by atoms with van der Waals surface area (Å²) in [5.41, 5.74) is 2.38. The number of allylic oxidation sites excluding steroid dienone is 1. The Morgan fingerprint density at radius 3 is 2.95 bits per heavy atom. The maximum absolute atomic E-state index is 10.4. The van der Waals surface area contributed by atoms with Crippen molar-refractivity contribution < 1.29 is 14.3 Å². The monoisotopic (exact) mass is 264 g/mol. The average Bonchev–Trinajstić information content (AvgIpc) is 2.87. The lowest BCUT2D eigenvalue weighted by Gasteiger charge is -2.40. The Bertz CT molecular complexity index is 417. The van der Waals surface area contributed by atoms with Gasteiger partial charge in [0.1, 0.15) is 0 Å². The summed E-state index contributed by atoms with van der Waals surface area (Å²) in [7, 11) is 1.73. The van der Waals surface area contributed by atoms with E-state index in [4.69, 9.17) is 9.15 Å². The molecule has 106 valence electrons. The predicted molar refractivity (Wildman–Crippen MR) is 74.7 cm³/mol. The molecule has 3 nitrogen and oxygen atoms in total. The molecule has 0 aliphatic heterocycles. The number of aliphatic hydroxyl groups excluding tert-OH is 1. The van der Waals surface area contributed by atoms with Crippen molar-refractivity contribution in [2.45, 2.75) is 39.2 Å². The van der Waals surface area contributed by atoms with Crippen LogP contribution in [0.3, 0.4) is 0 Å². The molecule has 1 aromatic rings. The first-order chi connectivity index (χ1) is 9.04. The van der Waals surface area contributed by atoms with Gasteiger partial charge in [-0.1, -0.05) is 19.9 Å². The number of hydrogen-bond donors (Lipinski definition) is 1. The largest absolute Gasteiger partial charge is 0.472 e. The Kier molecular flexibility index (Phi) is 4.48. The minimum Gasteiger partial charge on any atom is -0.472 e. The Labute approximate surface area is 115 Å². The van der Waals surface area contributed by atoms with Crippen LogP contribution in [0.25, 0.3) is 0 Å². The Balaban J connectivity index is 2.13. The van der Waals surface area contributed by atoms with E-state index in [2.05, 4.69) is 19.9 Å². The maximum Gasteiger partial charge on any atom is 0.0960 e. The molecule has 1 N–H and O–H groups in total. The van der Waals surface area contributed by atoms with E-state index >= 15 is 0 Å². The molecule has 1 heterocycles. The van der Waals surface area contributed by atoms with Crippen LogP contribution in [0.4, 0.5) is 0 Å². The first-order valence-corrected chi connectivity index (χ1v) is 6.92. The fraction of sp³-hybridized carbons (Fsp3) is 0.625. The highest BCUT2D eigenvalue weighted by molar-refractivity contribution is 5.18. The van der Waals surface area contributed by atoms with Crippen molar-refractivity contribution >= 4 is 0 Å². The van der Waals surface area contributed by atoms with Gasteiger partial charge in [-0.05, 0) is 42.2 Å². The van der Waals surface area contributed by atoms with E-state index in [-0.39, 0.29) is 5.41 Å². The van der Waals surface area contributed by atoms with Gasteiger partial charge in [-0.15, -0.1) is 0 Å². The number of aliphatic hydroxyl groups is 1. The third kappa shape index (κ3) is 3.28. The third-order valence-electron chi connectivity index (χ3n) is 4.28. The summed E-state index contributed by atoms with van der Waals surface area (Å²) in [6.07, 6.45) is 8.02. The molecule has 1 aliphatic rings. The van der Waals surface area contributed by atoms with Crippen molar-refractivity contribution in [3.8, 4) is 0 Å². The van der Waals surface area contributed by atoms with E-state index in [1.165, 1.54) is 5.57 Å². The van der Waals surface area contributed by atoms with Gasteiger partial charge in [0.25, 0.3) is 0 Å². The van der Waals surface area contributed by atoms with Crippen LogP contribution in [0, 0.1) is 11.3 Å². The molecule has 2 atom stereocenters. The van der Waals surface area contributed by atoms with Crippen LogP contribution in [0.5, 0.6) is 0 Å². The van der Waals surface area contributed by atoms with Crippen LogP contribution in [0.1, 0.15) is 44.8 Å². The minimum absolute atomic E-state index is 0.202. The van der Waals surface area contributed by atoms with Gasteiger partial charge in [0, 0.05) is 12.7 Å². The molecule has 1 aliphatic carbocycles. The lowest BCUT2D eigenvalue weighted by atomic mass is 9.66. The van der Waals surface area contributed by atoms with Crippen LogP contribution in [0.15, 0.2) is 34.7 Å². The van der Waals surface area contributed by atoms with Crippen LogP contribution in [0.2, 0.25) is 0 Å². The molecular formula is C16H24O3. The van der Waals surface area contributed by atoms with E-state index in [9.17, 15) is 5.11 Å². The molecule has 0 spiro atoms. The van der Waals surface area contributed by atoms with Gasteiger partial charge in [-0.3, -0.25) is 0 Å². The zero-order valence-corrected chi connectivity index (χ0v) is 12.1. The Morgan fingerprint density at radius 1 is 1.53 bits per heavy atom.